The highest BCUT2D eigenvalue weighted by molar-refractivity contribution is 5.93. The second-order valence-electron chi connectivity index (χ2n) is 9.63. The molecule has 2 aliphatic rings. The number of carbonyl (C=O) groups excluding carboxylic acids is 2. The third kappa shape index (κ3) is 4.81. The summed E-state index contributed by atoms with van der Waals surface area (Å²) in [4.78, 5) is 27.4. The fraction of sp³-hybridized carbons (Fsp3) is 0.393. The number of carbonyl (C=O) groups is 2. The summed E-state index contributed by atoms with van der Waals surface area (Å²) in [7, 11) is 0. The van der Waals surface area contributed by atoms with Gasteiger partial charge in [-0.1, -0.05) is 42.5 Å². The van der Waals surface area contributed by atoms with Gasteiger partial charge in [0.25, 0.3) is 0 Å². The predicted octanol–water partition coefficient (Wildman–Crippen LogP) is 4.55. The molecular formula is C28H33N5O2. The summed E-state index contributed by atoms with van der Waals surface area (Å²) >= 11 is 0. The highest BCUT2D eigenvalue weighted by Gasteiger charge is 2.31. The Kier molecular flexibility index (Phi) is 6.57. The van der Waals surface area contributed by atoms with E-state index in [9.17, 15) is 9.59 Å². The number of aromatic nitrogens is 2. The van der Waals surface area contributed by atoms with Crippen LogP contribution in [0.25, 0.3) is 5.69 Å². The minimum absolute atomic E-state index is 0.0150. The molecule has 0 spiro atoms. The van der Waals surface area contributed by atoms with Crippen LogP contribution in [0.5, 0.6) is 0 Å². The van der Waals surface area contributed by atoms with E-state index in [4.69, 9.17) is 5.10 Å². The number of nitrogens with one attached hydrogen (secondary N) is 2. The summed E-state index contributed by atoms with van der Waals surface area (Å²) in [6, 6.07) is 18.5. The van der Waals surface area contributed by atoms with Crippen LogP contribution in [0, 0.1) is 12.8 Å². The van der Waals surface area contributed by atoms with Crippen LogP contribution in [-0.4, -0.2) is 34.7 Å². The summed E-state index contributed by atoms with van der Waals surface area (Å²) in [6.07, 6.45) is 4.72. The fourth-order valence-electron chi connectivity index (χ4n) is 5.43. The average molecular weight is 472 g/mol. The van der Waals surface area contributed by atoms with E-state index in [0.717, 1.165) is 68.1 Å². The lowest BCUT2D eigenvalue weighted by atomic mass is 9.87. The fourth-order valence-corrected chi connectivity index (χ4v) is 5.43. The van der Waals surface area contributed by atoms with Crippen LogP contribution in [0.2, 0.25) is 0 Å². The standard InChI is InChI=1S/C28H33N5O2/c1-19-26(29-20(2)34)28(33(31-19)23-11-4-3-5-12-23)32-17-15-22(16-18-32)27(35)30-25-14-8-10-21-9-6-7-13-24(21)25/h3-7,9,11-13,22,25H,8,10,14-18H2,1-2H3,(H,29,34)(H,30,35). The van der Waals surface area contributed by atoms with E-state index >= 15 is 0 Å². The lowest BCUT2D eigenvalue weighted by Crippen LogP contribution is -2.42. The summed E-state index contributed by atoms with van der Waals surface area (Å²) in [5, 5.41) is 11.1. The molecule has 1 aliphatic carbocycles. The minimum Gasteiger partial charge on any atom is -0.355 e. The number of anilines is 2. The molecular weight excluding hydrogens is 438 g/mol. The van der Waals surface area contributed by atoms with E-state index < -0.39 is 0 Å². The molecule has 7 nitrogen and oxygen atoms in total. The van der Waals surface area contributed by atoms with Crippen LogP contribution in [0.15, 0.2) is 54.6 Å². The maximum atomic E-state index is 13.2. The summed E-state index contributed by atoms with van der Waals surface area (Å²) in [5.74, 6) is 0.896. The Labute approximate surface area is 206 Å². The molecule has 1 atom stereocenters. The topological polar surface area (TPSA) is 79.3 Å². The van der Waals surface area contributed by atoms with Gasteiger partial charge in [0.1, 0.15) is 5.69 Å². The Hall–Kier alpha value is -3.61. The molecule has 0 saturated carbocycles. The van der Waals surface area contributed by atoms with Gasteiger partial charge < -0.3 is 15.5 Å². The van der Waals surface area contributed by atoms with Gasteiger partial charge in [0.05, 0.1) is 17.4 Å². The first-order valence-electron chi connectivity index (χ1n) is 12.6. The molecule has 7 heteroatoms. The van der Waals surface area contributed by atoms with Gasteiger partial charge in [-0.2, -0.15) is 5.10 Å². The molecule has 1 unspecified atom stereocenters. The van der Waals surface area contributed by atoms with Crippen molar-refractivity contribution in [3.63, 3.8) is 0 Å². The van der Waals surface area contributed by atoms with Crippen molar-refractivity contribution in [1.82, 2.24) is 15.1 Å². The predicted molar refractivity (Wildman–Crippen MR) is 138 cm³/mol. The zero-order valence-electron chi connectivity index (χ0n) is 20.5. The third-order valence-corrected chi connectivity index (χ3v) is 7.19. The molecule has 1 aliphatic heterocycles. The van der Waals surface area contributed by atoms with Crippen LogP contribution in [0.3, 0.4) is 0 Å². The first-order valence-corrected chi connectivity index (χ1v) is 12.6. The maximum Gasteiger partial charge on any atom is 0.223 e. The number of amides is 2. The van der Waals surface area contributed by atoms with Gasteiger partial charge in [0, 0.05) is 25.9 Å². The number of para-hydroxylation sites is 1. The summed E-state index contributed by atoms with van der Waals surface area (Å²) < 4.78 is 1.90. The molecule has 1 saturated heterocycles. The zero-order chi connectivity index (χ0) is 24.4. The lowest BCUT2D eigenvalue weighted by molar-refractivity contribution is -0.126. The van der Waals surface area contributed by atoms with E-state index in [0.29, 0.717) is 0 Å². The van der Waals surface area contributed by atoms with Crippen LogP contribution in [-0.2, 0) is 16.0 Å². The van der Waals surface area contributed by atoms with E-state index in [2.05, 4.69) is 39.8 Å². The van der Waals surface area contributed by atoms with E-state index in [-0.39, 0.29) is 23.8 Å². The average Bonchev–Trinajstić information content (AvgIpc) is 3.20. The van der Waals surface area contributed by atoms with Gasteiger partial charge in [-0.3, -0.25) is 9.59 Å². The first-order chi connectivity index (χ1) is 17.0. The van der Waals surface area contributed by atoms with Gasteiger partial charge in [0.2, 0.25) is 11.8 Å². The van der Waals surface area contributed by atoms with Crippen LogP contribution >= 0.6 is 0 Å². The molecule has 1 fully saturated rings. The third-order valence-electron chi connectivity index (χ3n) is 7.19. The second kappa shape index (κ2) is 9.94. The quantitative estimate of drug-likeness (QED) is 0.572. The monoisotopic (exact) mass is 471 g/mol. The second-order valence-corrected chi connectivity index (χ2v) is 9.63. The molecule has 0 bridgehead atoms. The molecule has 5 rings (SSSR count). The Balaban J connectivity index is 1.32. The SMILES string of the molecule is CC(=O)Nc1c(C)nn(-c2ccccc2)c1N1CCC(C(=O)NC2CCCc3ccccc32)CC1. The van der Waals surface area contributed by atoms with Gasteiger partial charge in [0.15, 0.2) is 5.82 Å². The zero-order valence-corrected chi connectivity index (χ0v) is 20.5. The molecule has 3 aromatic rings. The molecule has 182 valence electrons. The molecule has 1 aromatic heterocycles. The largest absolute Gasteiger partial charge is 0.355 e. The Morgan fingerprint density at radius 1 is 0.971 bits per heavy atom. The Bertz CT molecular complexity index is 1210. The lowest BCUT2D eigenvalue weighted by Gasteiger charge is -2.35. The molecule has 0 radical (unpaired) electrons. The maximum absolute atomic E-state index is 13.2. The van der Waals surface area contributed by atoms with Crippen LogP contribution in [0.4, 0.5) is 11.5 Å². The van der Waals surface area contributed by atoms with Gasteiger partial charge in [-0.25, -0.2) is 4.68 Å². The highest BCUT2D eigenvalue weighted by atomic mass is 16.2. The minimum atomic E-state index is -0.121. The van der Waals surface area contributed by atoms with E-state index in [1.807, 2.05) is 41.9 Å². The van der Waals surface area contributed by atoms with Crippen molar-refractivity contribution in [2.75, 3.05) is 23.3 Å². The molecule has 2 heterocycles. The molecule has 35 heavy (non-hydrogen) atoms. The first kappa shape index (κ1) is 23.1. The van der Waals surface area contributed by atoms with Crippen molar-refractivity contribution in [3.05, 3.63) is 71.4 Å². The Morgan fingerprint density at radius 2 is 1.69 bits per heavy atom. The normalized spacial score (nSPS) is 18.1. The summed E-state index contributed by atoms with van der Waals surface area (Å²) in [6.45, 7) is 4.88. The number of hydrogen-bond donors (Lipinski definition) is 2. The van der Waals surface area contributed by atoms with Gasteiger partial charge in [-0.15, -0.1) is 0 Å². The number of hydrogen-bond acceptors (Lipinski definition) is 4. The van der Waals surface area contributed by atoms with Crippen LogP contribution < -0.4 is 15.5 Å². The smallest absolute Gasteiger partial charge is 0.223 e. The molecule has 2 N–H and O–H groups in total. The highest BCUT2D eigenvalue weighted by Crippen LogP contribution is 2.35. The number of fused-ring (bicyclic) bond motifs is 1. The van der Waals surface area contributed by atoms with Gasteiger partial charge >= 0.3 is 0 Å². The van der Waals surface area contributed by atoms with Crippen molar-refractivity contribution in [2.24, 2.45) is 5.92 Å². The number of aryl methyl sites for hydroxylation is 2. The Morgan fingerprint density at radius 3 is 2.43 bits per heavy atom. The van der Waals surface area contributed by atoms with E-state index in [1.54, 1.807) is 0 Å². The molecule has 2 aromatic carbocycles. The van der Waals surface area contributed by atoms with Gasteiger partial charge in [-0.05, 0) is 62.3 Å². The number of rotatable bonds is 5. The van der Waals surface area contributed by atoms with Crippen molar-refractivity contribution in [2.45, 2.75) is 52.0 Å². The van der Waals surface area contributed by atoms with Crippen molar-refractivity contribution >= 4 is 23.3 Å². The van der Waals surface area contributed by atoms with Crippen molar-refractivity contribution in [3.8, 4) is 5.69 Å². The summed E-state index contributed by atoms with van der Waals surface area (Å²) in [5.41, 5.74) is 5.08. The van der Waals surface area contributed by atoms with Crippen molar-refractivity contribution < 1.29 is 9.59 Å². The number of piperidine rings is 1. The van der Waals surface area contributed by atoms with Crippen LogP contribution in [0.1, 0.15) is 55.5 Å². The van der Waals surface area contributed by atoms with E-state index in [1.165, 1.54) is 18.1 Å². The number of benzene rings is 2. The number of nitrogens with zero attached hydrogens (tertiary/aromatic N) is 3. The molecule has 2 amide bonds. The van der Waals surface area contributed by atoms with Crippen molar-refractivity contribution in [1.29, 1.82) is 0 Å².